The molecule has 3 aliphatic carbocycles. The van der Waals surface area contributed by atoms with Crippen LogP contribution in [0.1, 0.15) is 54.4 Å². The lowest BCUT2D eigenvalue weighted by atomic mass is 9.59. The Morgan fingerprint density at radius 3 is 2.00 bits per heavy atom. The first-order valence-electron chi connectivity index (χ1n) is 11.7. The molecular weight excluding hydrogens is 410 g/mol. The second-order valence-electron chi connectivity index (χ2n) is 10.2. The van der Waals surface area contributed by atoms with E-state index in [1.165, 1.54) is 22.3 Å². The number of fused-ring (bicyclic) bond motifs is 1. The van der Waals surface area contributed by atoms with Gasteiger partial charge in [-0.3, -0.25) is 9.59 Å². The normalized spacial score (nSPS) is 26.6. The predicted molar refractivity (Wildman–Crippen MR) is 127 cm³/mol. The van der Waals surface area contributed by atoms with Gasteiger partial charge in [0.15, 0.2) is 6.10 Å². The lowest BCUT2D eigenvalue weighted by Gasteiger charge is -2.44. The number of anilines is 1. The fourth-order valence-corrected chi connectivity index (χ4v) is 6.15. The van der Waals surface area contributed by atoms with Crippen molar-refractivity contribution in [2.45, 2.75) is 38.2 Å². The van der Waals surface area contributed by atoms with E-state index in [0.29, 0.717) is 6.54 Å². The summed E-state index contributed by atoms with van der Waals surface area (Å²) in [6.07, 6.45) is -0.0579. The van der Waals surface area contributed by atoms with E-state index in [-0.39, 0.29) is 29.6 Å². The Balaban J connectivity index is 1.31. The van der Waals surface area contributed by atoms with Crippen LogP contribution in [-0.4, -0.2) is 24.5 Å². The van der Waals surface area contributed by atoms with Crippen molar-refractivity contribution in [2.75, 3.05) is 11.4 Å². The third-order valence-corrected chi connectivity index (χ3v) is 7.68. The maximum atomic E-state index is 13.6. The molecule has 0 unspecified atom stereocenters. The second-order valence-corrected chi connectivity index (χ2v) is 10.2. The largest absolute Gasteiger partial charge is 0.451 e. The molecule has 3 aromatic rings. The molecule has 1 aliphatic heterocycles. The molecular formula is C29H27NO3. The number of hydrogen-bond donors (Lipinski definition) is 0. The van der Waals surface area contributed by atoms with Gasteiger partial charge in [0.05, 0.1) is 5.92 Å². The van der Waals surface area contributed by atoms with E-state index >= 15 is 0 Å². The van der Waals surface area contributed by atoms with Crippen molar-refractivity contribution < 1.29 is 14.3 Å². The van der Waals surface area contributed by atoms with Crippen LogP contribution in [0.15, 0.2) is 78.9 Å². The summed E-state index contributed by atoms with van der Waals surface area (Å²) in [4.78, 5) is 28.7. The van der Waals surface area contributed by atoms with Crippen LogP contribution >= 0.6 is 0 Å². The first-order valence-corrected chi connectivity index (χ1v) is 11.7. The van der Waals surface area contributed by atoms with Crippen molar-refractivity contribution in [3.05, 3.63) is 101 Å². The van der Waals surface area contributed by atoms with Crippen LogP contribution in [0.25, 0.3) is 0 Å². The van der Waals surface area contributed by atoms with Crippen molar-refractivity contribution in [3.8, 4) is 0 Å². The Labute approximate surface area is 194 Å². The second kappa shape index (κ2) is 7.31. The number of amides is 1. The summed E-state index contributed by atoms with van der Waals surface area (Å²) < 4.78 is 6.08. The number of para-hydroxylation sites is 1. The minimum atomic E-state index is -0.781. The molecule has 1 saturated heterocycles. The summed E-state index contributed by atoms with van der Waals surface area (Å²) in [5.74, 6) is -0.515. The number of ether oxygens (including phenoxy) is 1. The van der Waals surface area contributed by atoms with E-state index in [1.54, 1.807) is 4.90 Å². The fourth-order valence-electron chi connectivity index (χ4n) is 6.15. The zero-order valence-corrected chi connectivity index (χ0v) is 18.9. The van der Waals surface area contributed by atoms with Crippen LogP contribution < -0.4 is 4.90 Å². The molecule has 4 nitrogen and oxygen atoms in total. The maximum Gasteiger partial charge on any atom is 0.310 e. The van der Waals surface area contributed by atoms with Crippen molar-refractivity contribution in [1.82, 2.24) is 0 Å². The van der Waals surface area contributed by atoms with Crippen molar-refractivity contribution in [2.24, 2.45) is 11.3 Å². The first kappa shape index (κ1) is 20.2. The highest BCUT2D eigenvalue weighted by Gasteiger charge is 2.52. The Hall–Kier alpha value is -3.40. The van der Waals surface area contributed by atoms with Gasteiger partial charge in [0.2, 0.25) is 0 Å². The molecule has 7 rings (SSSR count). The summed E-state index contributed by atoms with van der Waals surface area (Å²) in [6, 6.07) is 26.5. The van der Waals surface area contributed by atoms with Crippen LogP contribution in [0.3, 0.4) is 0 Å². The van der Waals surface area contributed by atoms with Gasteiger partial charge < -0.3 is 9.64 Å². The van der Waals surface area contributed by atoms with Gasteiger partial charge in [0.25, 0.3) is 5.91 Å². The molecule has 1 heterocycles. The smallest absolute Gasteiger partial charge is 0.310 e. The minimum absolute atomic E-state index is 0.0280. The average Bonchev–Trinajstić information content (AvgIpc) is 3.08. The van der Waals surface area contributed by atoms with E-state index in [2.05, 4.69) is 36.4 Å². The highest BCUT2D eigenvalue weighted by Crippen LogP contribution is 2.55. The molecule has 3 aromatic carbocycles. The molecule has 4 heteroatoms. The van der Waals surface area contributed by atoms with Gasteiger partial charge >= 0.3 is 5.97 Å². The van der Waals surface area contributed by atoms with E-state index in [1.807, 2.05) is 56.3 Å². The number of rotatable bonds is 3. The molecule has 33 heavy (non-hydrogen) atoms. The number of nitrogens with zero attached hydrogens (tertiary/aromatic N) is 1. The minimum Gasteiger partial charge on any atom is -0.451 e. The van der Waals surface area contributed by atoms with E-state index in [9.17, 15) is 9.59 Å². The first-order chi connectivity index (χ1) is 16.0. The van der Waals surface area contributed by atoms with Crippen LogP contribution in [0.5, 0.6) is 0 Å². The maximum absolute atomic E-state index is 13.6. The predicted octanol–water partition coefficient (Wildman–Crippen LogP) is 5.27. The summed E-state index contributed by atoms with van der Waals surface area (Å²) in [5, 5.41) is 0. The summed E-state index contributed by atoms with van der Waals surface area (Å²) >= 11 is 0. The summed E-state index contributed by atoms with van der Waals surface area (Å²) in [7, 11) is 0. The molecule has 2 bridgehead atoms. The van der Waals surface area contributed by atoms with Crippen molar-refractivity contribution in [1.29, 1.82) is 0 Å². The topological polar surface area (TPSA) is 46.6 Å². The Morgan fingerprint density at radius 1 is 0.848 bits per heavy atom. The van der Waals surface area contributed by atoms with Crippen molar-refractivity contribution in [3.63, 3.8) is 0 Å². The zero-order chi connectivity index (χ0) is 22.7. The van der Waals surface area contributed by atoms with Gasteiger partial charge in [-0.15, -0.1) is 0 Å². The number of esters is 1. The van der Waals surface area contributed by atoms with Gasteiger partial charge in [0, 0.05) is 29.5 Å². The Kier molecular flexibility index (Phi) is 4.48. The molecule has 4 aliphatic rings. The third-order valence-electron chi connectivity index (χ3n) is 7.68. The van der Waals surface area contributed by atoms with E-state index < -0.39 is 11.5 Å². The zero-order valence-electron chi connectivity index (χ0n) is 18.9. The average molecular weight is 438 g/mol. The lowest BCUT2D eigenvalue weighted by Crippen LogP contribution is -2.42. The van der Waals surface area contributed by atoms with E-state index in [0.717, 1.165) is 12.1 Å². The number of carbonyl (C=O) groups is 2. The van der Waals surface area contributed by atoms with Crippen LogP contribution in [0, 0.1) is 11.3 Å². The molecule has 1 fully saturated rings. The summed E-state index contributed by atoms with van der Waals surface area (Å²) in [6.45, 7) is 4.53. The van der Waals surface area contributed by atoms with Crippen LogP contribution in [0.2, 0.25) is 0 Å². The number of benzene rings is 3. The molecule has 2 atom stereocenters. The molecule has 1 amide bonds. The highest BCUT2D eigenvalue weighted by molar-refractivity contribution is 6.01. The third kappa shape index (κ3) is 3.04. The molecule has 0 saturated carbocycles. The quantitative estimate of drug-likeness (QED) is 0.525. The van der Waals surface area contributed by atoms with Crippen LogP contribution in [-0.2, 0) is 14.3 Å². The van der Waals surface area contributed by atoms with Crippen molar-refractivity contribution >= 4 is 17.6 Å². The number of carbonyl (C=O) groups excluding carboxylic acids is 2. The lowest BCUT2D eigenvalue weighted by molar-refractivity contribution is -0.163. The van der Waals surface area contributed by atoms with Gasteiger partial charge in [-0.25, -0.2) is 0 Å². The highest BCUT2D eigenvalue weighted by atomic mass is 16.6. The Bertz CT molecular complexity index is 1200. The molecule has 166 valence electrons. The molecule has 0 radical (unpaired) electrons. The molecule has 0 spiro atoms. The SMILES string of the molecule is CC1(C)CN(c2ccccc2)C(=O)[C@H]1OC(=O)[C@H]1CC2c3ccccc3C1c1ccccc12. The van der Waals surface area contributed by atoms with Gasteiger partial charge in [0.1, 0.15) is 0 Å². The van der Waals surface area contributed by atoms with Gasteiger partial charge in [-0.2, -0.15) is 0 Å². The number of hydrogen-bond acceptors (Lipinski definition) is 3. The van der Waals surface area contributed by atoms with Gasteiger partial charge in [-0.1, -0.05) is 80.6 Å². The molecule has 0 aromatic heterocycles. The summed E-state index contributed by atoms with van der Waals surface area (Å²) in [5.41, 5.74) is 5.45. The fraction of sp³-hybridized carbons (Fsp3) is 0.310. The van der Waals surface area contributed by atoms with Gasteiger partial charge in [-0.05, 0) is 40.8 Å². The standard InChI is InChI=1S/C29H27NO3/c1-29(2)17-30(18-10-4-3-5-11-18)27(31)26(29)33-28(32)24-16-23-19-12-6-8-14-21(19)25(24)22-15-9-7-13-20(22)23/h3-15,23-26H,16-17H2,1-2H3/t23?,24-,25?,26+/m0/s1. The monoisotopic (exact) mass is 437 g/mol. The Morgan fingerprint density at radius 2 is 1.39 bits per heavy atom. The van der Waals surface area contributed by atoms with Crippen LogP contribution in [0.4, 0.5) is 5.69 Å². The molecule has 0 N–H and O–H groups in total. The van der Waals surface area contributed by atoms with E-state index in [4.69, 9.17) is 4.74 Å².